The molecule has 4 atom stereocenters. The molecule has 244 valence electrons. The van der Waals surface area contributed by atoms with Crippen molar-refractivity contribution < 1.29 is 27.6 Å². The Morgan fingerprint density at radius 2 is 0.587 bits per heavy atom. The lowest BCUT2D eigenvalue weighted by molar-refractivity contribution is 0.111. The quantitative estimate of drug-likeness (QED) is 0.297. The van der Waals surface area contributed by atoms with Gasteiger partial charge < -0.3 is 27.6 Å². The van der Waals surface area contributed by atoms with Crippen molar-refractivity contribution in [2.75, 3.05) is 0 Å². The summed E-state index contributed by atoms with van der Waals surface area (Å²) in [4.78, 5) is 24.2. The van der Waals surface area contributed by atoms with Crippen LogP contribution >= 0.6 is 0 Å². The van der Waals surface area contributed by atoms with E-state index in [0.717, 1.165) is 70.8 Å². The summed E-state index contributed by atoms with van der Waals surface area (Å²) in [5.74, 6) is 0. The van der Waals surface area contributed by atoms with Gasteiger partial charge in [-0.15, -0.1) is 0 Å². The van der Waals surface area contributed by atoms with Crippen molar-refractivity contribution >= 4 is 56.1 Å². The van der Waals surface area contributed by atoms with Crippen LogP contribution in [-0.4, -0.2) is 79.0 Å². The van der Waals surface area contributed by atoms with E-state index in [1.54, 1.807) is 0 Å². The molecule has 8 aliphatic rings. The average molecular weight is 693 g/mol. The van der Waals surface area contributed by atoms with Crippen molar-refractivity contribution in [3.05, 3.63) is 70.8 Å². The Kier molecular flexibility index (Phi) is 7.83. The molecule has 0 saturated heterocycles. The van der Waals surface area contributed by atoms with E-state index >= 15 is 0 Å². The normalized spacial score (nSPS) is 30.3. The zero-order valence-electron chi connectivity index (χ0n) is 28.0. The van der Waals surface area contributed by atoms with Gasteiger partial charge in [-0.2, -0.15) is 0 Å². The van der Waals surface area contributed by atoms with Crippen LogP contribution < -0.4 is 0 Å². The fourth-order valence-electron chi connectivity index (χ4n) is 7.01. The average Bonchev–Trinajstić information content (AvgIpc) is 3.82. The number of rotatable bonds is 0. The molecule has 8 aliphatic heterocycles. The standard InChI is InChI=1S/C32H44N4O6Si4/c1-43(2)29-17-25(33-37-29)21-9-11-23(12-10-21)27-19-31(39-35-27)45(5,6)42-46(7,8)32-20-28(36-40-32)24-15-13-22(14-16-24)26-18-30(38-34-26)44(3,4)41-43/h9-16,29-32H,17-20H2,1-8H3/t29-,30-,31+,32+. The Morgan fingerprint density at radius 3 is 0.783 bits per heavy atom. The van der Waals surface area contributed by atoms with Gasteiger partial charge in [-0.25, -0.2) is 0 Å². The number of oxime groups is 4. The van der Waals surface area contributed by atoms with E-state index in [1.165, 1.54) is 0 Å². The molecule has 0 fully saturated rings. The molecular formula is C32H44N4O6Si4. The third-order valence-electron chi connectivity index (χ3n) is 9.93. The second kappa shape index (κ2) is 11.4. The zero-order chi connectivity index (χ0) is 32.5. The van der Waals surface area contributed by atoms with Crippen LogP contribution in [0.4, 0.5) is 0 Å². The molecule has 0 unspecified atom stereocenters. The van der Waals surface area contributed by atoms with E-state index in [-0.39, 0.29) is 22.9 Å². The van der Waals surface area contributed by atoms with E-state index in [2.05, 4.69) is 122 Å². The molecule has 0 saturated carbocycles. The largest absolute Gasteiger partial charge is 0.451 e. The van der Waals surface area contributed by atoms with Gasteiger partial charge >= 0.3 is 0 Å². The van der Waals surface area contributed by atoms with Gasteiger partial charge in [0.15, 0.2) is 0 Å². The summed E-state index contributed by atoms with van der Waals surface area (Å²) in [5.41, 5.74) is 7.72. The van der Waals surface area contributed by atoms with Gasteiger partial charge in [-0.05, 0) is 74.6 Å². The van der Waals surface area contributed by atoms with Crippen molar-refractivity contribution in [2.45, 2.75) is 101 Å². The number of hydrogen-bond acceptors (Lipinski definition) is 10. The Balaban J connectivity index is 1.16. The van der Waals surface area contributed by atoms with E-state index in [1.807, 2.05) is 0 Å². The molecule has 0 spiro atoms. The first kappa shape index (κ1) is 31.7. The minimum atomic E-state index is -2.31. The Morgan fingerprint density at radius 1 is 0.391 bits per heavy atom. The van der Waals surface area contributed by atoms with Gasteiger partial charge in [0.2, 0.25) is 33.3 Å². The lowest BCUT2D eigenvalue weighted by Gasteiger charge is -2.38. The first-order valence-electron chi connectivity index (χ1n) is 16.2. The summed E-state index contributed by atoms with van der Waals surface area (Å²) in [7, 11) is -9.25. The van der Waals surface area contributed by atoms with Crippen LogP contribution in [0.15, 0.2) is 69.2 Å². The highest BCUT2D eigenvalue weighted by Gasteiger charge is 2.51. The van der Waals surface area contributed by atoms with Gasteiger partial charge in [0.1, 0.15) is 22.9 Å². The van der Waals surface area contributed by atoms with E-state index in [0.29, 0.717) is 0 Å². The number of benzene rings is 2. The van der Waals surface area contributed by atoms with Crippen LogP contribution in [0.5, 0.6) is 0 Å². The van der Waals surface area contributed by atoms with Crippen LogP contribution in [0.2, 0.25) is 52.4 Å². The SMILES string of the molecule is C[Si]1(C)O[Si](C)(C)[C@@H]2CC(=NO2)c2ccc(cc2)C2=NO[C@H](C2)[Si](C)(C)O[Si](C)(C)[C@H]2CC(=NO2)c2ccc(cc2)C2=NO[C@H]1C2. The minimum absolute atomic E-state index is 0.0720. The third-order valence-corrected chi connectivity index (χ3v) is 25.8. The molecule has 10 rings (SSSR count). The van der Waals surface area contributed by atoms with E-state index < -0.39 is 33.3 Å². The lowest BCUT2D eigenvalue weighted by Crippen LogP contribution is -2.57. The fourth-order valence-corrected chi connectivity index (χ4v) is 23.9. The summed E-state index contributed by atoms with van der Waals surface area (Å²) in [5, 5.41) is 18.1. The molecule has 2 aromatic carbocycles. The summed E-state index contributed by atoms with van der Waals surface area (Å²) >= 11 is 0. The summed E-state index contributed by atoms with van der Waals surface area (Å²) in [6.07, 6.45) is 2.90. The summed E-state index contributed by atoms with van der Waals surface area (Å²) < 4.78 is 14.0. The van der Waals surface area contributed by atoms with Gasteiger partial charge in [-0.1, -0.05) is 69.2 Å². The molecule has 0 aromatic heterocycles. The van der Waals surface area contributed by atoms with Crippen molar-refractivity contribution in [2.24, 2.45) is 20.6 Å². The molecule has 0 radical (unpaired) electrons. The Bertz CT molecular complexity index is 1400. The smallest absolute Gasteiger partial charge is 0.221 e. The van der Waals surface area contributed by atoms with Crippen molar-refractivity contribution in [3.8, 4) is 0 Å². The Labute approximate surface area is 275 Å². The van der Waals surface area contributed by atoms with Crippen molar-refractivity contribution in [1.82, 2.24) is 0 Å². The molecular weight excluding hydrogens is 649 g/mol. The van der Waals surface area contributed by atoms with E-state index in [4.69, 9.17) is 27.6 Å². The maximum atomic E-state index is 7.02. The summed E-state index contributed by atoms with van der Waals surface area (Å²) in [6.45, 7) is 17.8. The van der Waals surface area contributed by atoms with Crippen LogP contribution in [0.3, 0.4) is 0 Å². The highest BCUT2D eigenvalue weighted by atomic mass is 28.4. The fraction of sp³-hybridized carbons (Fsp3) is 0.500. The predicted octanol–water partition coefficient (Wildman–Crippen LogP) is 6.38. The monoisotopic (exact) mass is 692 g/mol. The maximum Gasteiger partial charge on any atom is 0.221 e. The summed E-state index contributed by atoms with van der Waals surface area (Å²) in [6, 6.07) is 16.9. The third kappa shape index (κ3) is 5.99. The molecule has 14 heteroatoms. The minimum Gasteiger partial charge on any atom is -0.451 e. The number of hydrogen-bond donors (Lipinski definition) is 0. The van der Waals surface area contributed by atoms with Crippen LogP contribution in [0.25, 0.3) is 0 Å². The van der Waals surface area contributed by atoms with Gasteiger partial charge in [0.05, 0.1) is 22.8 Å². The van der Waals surface area contributed by atoms with Gasteiger partial charge in [0.25, 0.3) is 0 Å². The molecule has 0 aliphatic carbocycles. The Hall–Kier alpha value is -2.89. The lowest BCUT2D eigenvalue weighted by atomic mass is 10.0. The molecule has 12 bridgehead atoms. The van der Waals surface area contributed by atoms with Gasteiger partial charge in [-0.3, -0.25) is 0 Å². The maximum absolute atomic E-state index is 7.02. The van der Waals surface area contributed by atoms with Crippen LogP contribution in [0.1, 0.15) is 47.9 Å². The molecule has 46 heavy (non-hydrogen) atoms. The second-order valence-corrected chi connectivity index (χ2v) is 32.2. The van der Waals surface area contributed by atoms with Crippen molar-refractivity contribution in [3.63, 3.8) is 0 Å². The highest BCUT2D eigenvalue weighted by molar-refractivity contribution is 6.87. The highest BCUT2D eigenvalue weighted by Crippen LogP contribution is 2.35. The molecule has 10 nitrogen and oxygen atoms in total. The zero-order valence-corrected chi connectivity index (χ0v) is 32.0. The predicted molar refractivity (Wildman–Crippen MR) is 189 cm³/mol. The topological polar surface area (TPSA) is 105 Å². The van der Waals surface area contributed by atoms with Crippen molar-refractivity contribution in [1.29, 1.82) is 0 Å². The van der Waals surface area contributed by atoms with E-state index in [9.17, 15) is 0 Å². The van der Waals surface area contributed by atoms with Gasteiger partial charge in [0, 0.05) is 25.7 Å². The first-order chi connectivity index (χ1) is 21.7. The first-order valence-corrected chi connectivity index (χ1v) is 28.2. The van der Waals surface area contributed by atoms with Crippen LogP contribution in [-0.2, 0) is 27.6 Å². The molecule has 0 amide bonds. The number of nitrogens with zero attached hydrogens (tertiary/aromatic N) is 4. The molecule has 0 N–H and O–H groups in total. The second-order valence-electron chi connectivity index (χ2n) is 15.1. The molecule has 2 aromatic rings. The molecule has 8 heterocycles. The van der Waals surface area contributed by atoms with Crippen LogP contribution in [0, 0.1) is 0 Å².